The van der Waals surface area contributed by atoms with E-state index < -0.39 is 5.41 Å². The molecule has 1 N–H and O–H groups in total. The van der Waals surface area contributed by atoms with Crippen LogP contribution < -0.4 is 10.1 Å². The van der Waals surface area contributed by atoms with Crippen LogP contribution in [0.25, 0.3) is 17.2 Å². The van der Waals surface area contributed by atoms with Crippen LogP contribution in [0, 0.1) is 5.41 Å². The van der Waals surface area contributed by atoms with E-state index in [4.69, 9.17) is 4.74 Å². The van der Waals surface area contributed by atoms with Gasteiger partial charge in [-0.3, -0.25) is 9.78 Å². The second-order valence-corrected chi connectivity index (χ2v) is 6.68. The molecule has 134 valence electrons. The second kappa shape index (κ2) is 6.91. The Balaban J connectivity index is 2.04. The first-order chi connectivity index (χ1) is 12.4. The lowest BCUT2D eigenvalue weighted by atomic mass is 9.96. The number of nitrogens with one attached hydrogen (secondary N) is 1. The van der Waals surface area contributed by atoms with Crippen molar-refractivity contribution in [2.24, 2.45) is 5.41 Å². The van der Waals surface area contributed by atoms with Crippen molar-refractivity contribution in [2.45, 2.75) is 20.8 Å². The van der Waals surface area contributed by atoms with Gasteiger partial charge in [0.2, 0.25) is 11.8 Å². The monoisotopic (exact) mass is 352 g/mol. The molecule has 0 saturated carbocycles. The van der Waals surface area contributed by atoms with Crippen LogP contribution in [0.5, 0.6) is 5.88 Å². The third-order valence-corrected chi connectivity index (χ3v) is 3.61. The third kappa shape index (κ3) is 3.69. The Labute approximate surface area is 151 Å². The number of ether oxygens (including phenoxy) is 1. The number of hydrogen-bond donors (Lipinski definition) is 1. The summed E-state index contributed by atoms with van der Waals surface area (Å²) in [5.74, 6) is 1.18. The zero-order valence-electron chi connectivity index (χ0n) is 15.1. The molecule has 0 aliphatic heterocycles. The van der Waals surface area contributed by atoms with E-state index in [0.717, 1.165) is 0 Å². The molecule has 0 saturated heterocycles. The summed E-state index contributed by atoms with van der Waals surface area (Å²) in [7, 11) is 1.52. The average molecular weight is 352 g/mol. The SMILES string of the molecule is COc1ccc(-n2nc(NC(=O)C(C)(C)C)cc2-c2ccccn2)nn1. The summed E-state index contributed by atoms with van der Waals surface area (Å²) in [5.41, 5.74) is 0.859. The Morgan fingerprint density at radius 3 is 2.54 bits per heavy atom. The van der Waals surface area contributed by atoms with Crippen molar-refractivity contribution in [1.29, 1.82) is 0 Å². The third-order valence-electron chi connectivity index (χ3n) is 3.61. The van der Waals surface area contributed by atoms with Crippen LogP contribution in [0.4, 0.5) is 5.82 Å². The van der Waals surface area contributed by atoms with Crippen molar-refractivity contribution in [1.82, 2.24) is 25.0 Å². The second-order valence-electron chi connectivity index (χ2n) is 6.68. The van der Waals surface area contributed by atoms with Gasteiger partial charge in [0, 0.05) is 23.7 Å². The molecule has 0 aliphatic carbocycles. The zero-order chi connectivity index (χ0) is 18.7. The van der Waals surface area contributed by atoms with E-state index in [-0.39, 0.29) is 5.91 Å². The highest BCUT2D eigenvalue weighted by atomic mass is 16.5. The molecular weight excluding hydrogens is 332 g/mol. The van der Waals surface area contributed by atoms with Gasteiger partial charge in [-0.2, -0.15) is 0 Å². The van der Waals surface area contributed by atoms with Gasteiger partial charge in [-0.05, 0) is 18.2 Å². The summed E-state index contributed by atoms with van der Waals surface area (Å²) >= 11 is 0. The maximum atomic E-state index is 12.3. The van der Waals surface area contributed by atoms with Gasteiger partial charge in [0.25, 0.3) is 0 Å². The van der Waals surface area contributed by atoms with E-state index in [1.165, 1.54) is 7.11 Å². The van der Waals surface area contributed by atoms with Crippen molar-refractivity contribution in [3.05, 3.63) is 42.6 Å². The predicted molar refractivity (Wildman–Crippen MR) is 97.0 cm³/mol. The van der Waals surface area contributed by atoms with Gasteiger partial charge in [0.05, 0.1) is 18.5 Å². The minimum Gasteiger partial charge on any atom is -0.480 e. The minimum atomic E-state index is -0.533. The van der Waals surface area contributed by atoms with E-state index in [1.54, 1.807) is 29.1 Å². The molecule has 3 aromatic rings. The van der Waals surface area contributed by atoms with Crippen molar-refractivity contribution < 1.29 is 9.53 Å². The number of carbonyl (C=O) groups excluding carboxylic acids is 1. The molecule has 8 nitrogen and oxygen atoms in total. The molecular formula is C18H20N6O2. The Morgan fingerprint density at radius 2 is 1.96 bits per heavy atom. The number of hydrogen-bond acceptors (Lipinski definition) is 6. The lowest BCUT2D eigenvalue weighted by Gasteiger charge is -2.16. The molecule has 0 spiro atoms. The topological polar surface area (TPSA) is 94.8 Å². The Bertz CT molecular complexity index is 898. The van der Waals surface area contributed by atoms with Gasteiger partial charge in [0.15, 0.2) is 11.6 Å². The normalized spacial score (nSPS) is 11.2. The Morgan fingerprint density at radius 1 is 1.15 bits per heavy atom. The number of amides is 1. The summed E-state index contributed by atoms with van der Waals surface area (Å²) in [6.07, 6.45) is 1.69. The van der Waals surface area contributed by atoms with Crippen LogP contribution in [0.1, 0.15) is 20.8 Å². The average Bonchev–Trinajstić information content (AvgIpc) is 3.05. The number of aromatic nitrogens is 5. The number of carbonyl (C=O) groups is 1. The number of pyridine rings is 1. The largest absolute Gasteiger partial charge is 0.480 e. The fourth-order valence-corrected chi connectivity index (χ4v) is 2.15. The van der Waals surface area contributed by atoms with Crippen molar-refractivity contribution in [3.8, 4) is 23.1 Å². The van der Waals surface area contributed by atoms with Gasteiger partial charge in [-0.15, -0.1) is 15.3 Å². The lowest BCUT2D eigenvalue weighted by molar-refractivity contribution is -0.123. The zero-order valence-corrected chi connectivity index (χ0v) is 15.1. The maximum absolute atomic E-state index is 12.3. The number of methoxy groups -OCH3 is 1. The van der Waals surface area contributed by atoms with Crippen LogP contribution in [-0.2, 0) is 4.79 Å². The smallest absolute Gasteiger partial charge is 0.233 e. The molecule has 1 amide bonds. The maximum Gasteiger partial charge on any atom is 0.233 e. The van der Waals surface area contributed by atoms with Gasteiger partial charge >= 0.3 is 0 Å². The Kier molecular flexibility index (Phi) is 4.66. The quantitative estimate of drug-likeness (QED) is 0.776. The molecule has 0 aliphatic rings. The lowest BCUT2D eigenvalue weighted by Crippen LogP contribution is -2.27. The highest BCUT2D eigenvalue weighted by Gasteiger charge is 2.23. The highest BCUT2D eigenvalue weighted by molar-refractivity contribution is 5.94. The fourth-order valence-electron chi connectivity index (χ4n) is 2.15. The van der Waals surface area contributed by atoms with Crippen molar-refractivity contribution in [2.75, 3.05) is 12.4 Å². The first-order valence-electron chi connectivity index (χ1n) is 8.09. The van der Waals surface area contributed by atoms with E-state index in [1.807, 2.05) is 39.0 Å². The molecule has 0 radical (unpaired) electrons. The molecule has 3 aromatic heterocycles. The van der Waals surface area contributed by atoms with Crippen LogP contribution >= 0.6 is 0 Å². The van der Waals surface area contributed by atoms with Gasteiger partial charge < -0.3 is 10.1 Å². The molecule has 3 heterocycles. The predicted octanol–water partition coefficient (Wildman–Crippen LogP) is 2.72. The number of rotatable bonds is 4. The van der Waals surface area contributed by atoms with E-state index in [0.29, 0.717) is 28.9 Å². The van der Waals surface area contributed by atoms with Gasteiger partial charge in [-0.25, -0.2) is 4.68 Å². The standard InChI is InChI=1S/C18H20N6O2/c1-18(2,3)17(25)20-14-11-13(12-7-5-6-10-19-12)24(23-14)15-8-9-16(26-4)22-21-15/h5-11H,1-4H3,(H,20,23,25). The van der Waals surface area contributed by atoms with Crippen LogP contribution in [-0.4, -0.2) is 38.0 Å². The van der Waals surface area contributed by atoms with Crippen molar-refractivity contribution >= 4 is 11.7 Å². The van der Waals surface area contributed by atoms with Crippen LogP contribution in [0.15, 0.2) is 42.6 Å². The molecule has 0 atom stereocenters. The molecule has 0 unspecified atom stereocenters. The number of nitrogens with zero attached hydrogens (tertiary/aromatic N) is 5. The van der Waals surface area contributed by atoms with Gasteiger partial charge in [-0.1, -0.05) is 26.8 Å². The summed E-state index contributed by atoms with van der Waals surface area (Å²) in [5, 5.41) is 15.4. The molecule has 26 heavy (non-hydrogen) atoms. The van der Waals surface area contributed by atoms with Gasteiger partial charge in [0.1, 0.15) is 0 Å². The summed E-state index contributed by atoms with van der Waals surface area (Å²) in [6, 6.07) is 10.8. The Hall–Kier alpha value is -3.29. The molecule has 8 heteroatoms. The first kappa shape index (κ1) is 17.5. The summed E-state index contributed by atoms with van der Waals surface area (Å²) in [4.78, 5) is 16.7. The van der Waals surface area contributed by atoms with E-state index >= 15 is 0 Å². The minimum absolute atomic E-state index is 0.129. The van der Waals surface area contributed by atoms with Crippen LogP contribution in [0.3, 0.4) is 0 Å². The first-order valence-corrected chi connectivity index (χ1v) is 8.09. The molecule has 0 fully saturated rings. The summed E-state index contributed by atoms with van der Waals surface area (Å²) < 4.78 is 6.63. The number of anilines is 1. The molecule has 0 aromatic carbocycles. The van der Waals surface area contributed by atoms with E-state index in [9.17, 15) is 4.79 Å². The van der Waals surface area contributed by atoms with Crippen molar-refractivity contribution in [3.63, 3.8) is 0 Å². The summed E-state index contributed by atoms with van der Waals surface area (Å²) in [6.45, 7) is 5.52. The molecule has 3 rings (SSSR count). The highest BCUT2D eigenvalue weighted by Crippen LogP contribution is 2.25. The van der Waals surface area contributed by atoms with E-state index in [2.05, 4.69) is 25.6 Å². The molecule has 0 bridgehead atoms. The van der Waals surface area contributed by atoms with Crippen LogP contribution in [0.2, 0.25) is 0 Å². The fraction of sp³-hybridized carbons (Fsp3) is 0.278.